The summed E-state index contributed by atoms with van der Waals surface area (Å²) < 4.78 is 5.24. The van der Waals surface area contributed by atoms with Gasteiger partial charge in [0.05, 0.1) is 12.6 Å². The van der Waals surface area contributed by atoms with Crippen LogP contribution in [0.2, 0.25) is 0 Å². The first kappa shape index (κ1) is 7.56. The Labute approximate surface area is 77.4 Å². The Hall–Kier alpha value is -0.830. The van der Waals surface area contributed by atoms with Crippen LogP contribution in [0.5, 0.6) is 0 Å². The molecule has 3 fully saturated rings. The molecule has 3 rings (SSSR count). The molecule has 2 aliphatic heterocycles. The Bertz CT molecular complexity index is 289. The Morgan fingerprint density at radius 1 is 1.38 bits per heavy atom. The van der Waals surface area contributed by atoms with Crippen LogP contribution in [-0.2, 0) is 9.53 Å². The molecule has 0 N–H and O–H groups in total. The van der Waals surface area contributed by atoms with Crippen LogP contribution >= 0.6 is 0 Å². The first-order valence-electron chi connectivity index (χ1n) is 4.96. The molecule has 2 saturated heterocycles. The summed E-state index contributed by atoms with van der Waals surface area (Å²) in [5.74, 6) is 0.247. The number of ether oxygens (including phenoxy) is 1. The van der Waals surface area contributed by atoms with E-state index in [9.17, 15) is 4.79 Å². The molecule has 1 amide bonds. The summed E-state index contributed by atoms with van der Waals surface area (Å²) in [5, 5.41) is 0. The van der Waals surface area contributed by atoms with Gasteiger partial charge in [-0.2, -0.15) is 0 Å². The normalized spacial score (nSPS) is 32.5. The van der Waals surface area contributed by atoms with Crippen molar-refractivity contribution < 1.29 is 9.53 Å². The van der Waals surface area contributed by atoms with Crippen molar-refractivity contribution >= 4 is 5.91 Å². The second kappa shape index (κ2) is 2.58. The Balaban J connectivity index is 1.90. The van der Waals surface area contributed by atoms with Gasteiger partial charge in [0.1, 0.15) is 6.73 Å². The monoisotopic (exact) mass is 179 g/mol. The molecule has 2 heterocycles. The van der Waals surface area contributed by atoms with Crippen LogP contribution in [0.1, 0.15) is 25.7 Å². The zero-order valence-electron chi connectivity index (χ0n) is 7.58. The van der Waals surface area contributed by atoms with E-state index in [1.54, 1.807) is 0 Å². The van der Waals surface area contributed by atoms with Gasteiger partial charge in [-0.1, -0.05) is 5.57 Å². The minimum Gasteiger partial charge on any atom is -0.359 e. The highest BCUT2D eigenvalue weighted by atomic mass is 16.5. The molecule has 0 radical (unpaired) electrons. The summed E-state index contributed by atoms with van der Waals surface area (Å²) in [6.07, 6.45) is 4.52. The summed E-state index contributed by atoms with van der Waals surface area (Å²) in [6, 6.07) is 0.357. The van der Waals surface area contributed by atoms with Gasteiger partial charge in [0.25, 0.3) is 5.91 Å². The van der Waals surface area contributed by atoms with E-state index in [-0.39, 0.29) is 5.91 Å². The van der Waals surface area contributed by atoms with Crippen molar-refractivity contribution in [2.24, 2.45) is 0 Å². The van der Waals surface area contributed by atoms with Crippen LogP contribution in [0, 0.1) is 0 Å². The van der Waals surface area contributed by atoms with Crippen molar-refractivity contribution in [1.82, 2.24) is 4.90 Å². The molecule has 0 bridgehead atoms. The molecule has 70 valence electrons. The lowest BCUT2D eigenvalue weighted by Gasteiger charge is -2.19. The average molecular weight is 179 g/mol. The molecule has 3 heteroatoms. The molecule has 0 unspecified atom stereocenters. The standard InChI is InChI=1S/C10H13NO2/c12-10-9(7-2-1-3-7)4-8-5-13-6-11(8)10/h8H,1-6H2/t8-/m0/s1. The van der Waals surface area contributed by atoms with Gasteiger partial charge >= 0.3 is 0 Å². The maximum Gasteiger partial charge on any atom is 0.251 e. The number of rotatable bonds is 0. The van der Waals surface area contributed by atoms with Crippen molar-refractivity contribution in [1.29, 1.82) is 0 Å². The lowest BCUT2D eigenvalue weighted by Crippen LogP contribution is -2.28. The second-order valence-electron chi connectivity index (χ2n) is 4.07. The van der Waals surface area contributed by atoms with Crippen LogP contribution in [0.25, 0.3) is 0 Å². The fourth-order valence-corrected chi connectivity index (χ4v) is 2.32. The minimum atomic E-state index is 0.247. The number of carbonyl (C=O) groups excluding carboxylic acids is 1. The predicted molar refractivity (Wildman–Crippen MR) is 46.9 cm³/mol. The summed E-state index contributed by atoms with van der Waals surface area (Å²) in [7, 11) is 0. The highest BCUT2D eigenvalue weighted by Crippen LogP contribution is 2.37. The highest BCUT2D eigenvalue weighted by molar-refractivity contribution is 5.97. The van der Waals surface area contributed by atoms with Crippen molar-refractivity contribution in [3.05, 3.63) is 11.1 Å². The van der Waals surface area contributed by atoms with Crippen LogP contribution in [0.3, 0.4) is 0 Å². The Morgan fingerprint density at radius 3 is 2.85 bits per heavy atom. The van der Waals surface area contributed by atoms with Gasteiger partial charge in [0.2, 0.25) is 0 Å². The summed E-state index contributed by atoms with van der Waals surface area (Å²) in [5.41, 5.74) is 2.53. The number of allylic oxidation sites excluding steroid dienone is 1. The van der Waals surface area contributed by atoms with E-state index < -0.39 is 0 Å². The van der Waals surface area contributed by atoms with Gasteiger partial charge in [0, 0.05) is 12.0 Å². The van der Waals surface area contributed by atoms with Crippen LogP contribution in [0.4, 0.5) is 0 Å². The van der Waals surface area contributed by atoms with Crippen molar-refractivity contribution in [3.8, 4) is 0 Å². The maximum atomic E-state index is 11.8. The molecule has 3 nitrogen and oxygen atoms in total. The molecule has 1 saturated carbocycles. The number of hydrogen-bond donors (Lipinski definition) is 0. The van der Waals surface area contributed by atoms with Gasteiger partial charge in [-0.3, -0.25) is 4.79 Å². The zero-order chi connectivity index (χ0) is 8.84. The third-order valence-electron chi connectivity index (χ3n) is 3.32. The Morgan fingerprint density at radius 2 is 2.23 bits per heavy atom. The van der Waals surface area contributed by atoms with E-state index in [0.717, 1.165) is 31.4 Å². The quantitative estimate of drug-likeness (QED) is 0.520. The van der Waals surface area contributed by atoms with Crippen LogP contribution in [0.15, 0.2) is 11.1 Å². The van der Waals surface area contributed by atoms with Gasteiger partial charge < -0.3 is 9.64 Å². The van der Waals surface area contributed by atoms with Crippen LogP contribution < -0.4 is 0 Å². The first-order valence-corrected chi connectivity index (χ1v) is 4.96. The number of fused-ring (bicyclic) bond motifs is 1. The summed E-state index contributed by atoms with van der Waals surface area (Å²) in [4.78, 5) is 13.7. The molecule has 1 atom stereocenters. The molecular weight excluding hydrogens is 166 g/mol. The molecule has 0 aromatic carbocycles. The van der Waals surface area contributed by atoms with Crippen molar-refractivity contribution in [3.63, 3.8) is 0 Å². The smallest absolute Gasteiger partial charge is 0.251 e. The number of nitrogens with zero attached hydrogens (tertiary/aromatic N) is 1. The molecule has 13 heavy (non-hydrogen) atoms. The highest BCUT2D eigenvalue weighted by Gasteiger charge is 2.40. The van der Waals surface area contributed by atoms with E-state index in [4.69, 9.17) is 4.74 Å². The third-order valence-corrected chi connectivity index (χ3v) is 3.32. The lowest BCUT2D eigenvalue weighted by atomic mass is 9.87. The molecule has 0 aromatic rings. The molecule has 0 spiro atoms. The van der Waals surface area contributed by atoms with E-state index in [1.165, 1.54) is 12.0 Å². The van der Waals surface area contributed by atoms with Gasteiger partial charge in [-0.15, -0.1) is 0 Å². The van der Waals surface area contributed by atoms with Crippen LogP contribution in [-0.4, -0.2) is 30.2 Å². The largest absolute Gasteiger partial charge is 0.359 e. The fourth-order valence-electron chi connectivity index (χ4n) is 2.32. The SMILES string of the molecule is O=C1C(=C2CCC2)C[C@H]2COCN12. The Kier molecular flexibility index (Phi) is 1.50. The number of amides is 1. The second-order valence-corrected chi connectivity index (χ2v) is 4.07. The van der Waals surface area contributed by atoms with Gasteiger partial charge in [0.15, 0.2) is 0 Å². The molecule has 1 aliphatic carbocycles. The molecule has 3 aliphatic rings. The van der Waals surface area contributed by atoms with Crippen molar-refractivity contribution in [2.75, 3.05) is 13.3 Å². The lowest BCUT2D eigenvalue weighted by molar-refractivity contribution is -0.126. The number of hydrogen-bond acceptors (Lipinski definition) is 2. The number of carbonyl (C=O) groups is 1. The maximum absolute atomic E-state index is 11.8. The topological polar surface area (TPSA) is 29.5 Å². The predicted octanol–water partition coefficient (Wildman–Crippen LogP) is 1.06. The molecular formula is C10H13NO2. The van der Waals surface area contributed by atoms with E-state index in [0.29, 0.717) is 12.8 Å². The van der Waals surface area contributed by atoms with Gasteiger partial charge in [-0.05, 0) is 19.3 Å². The average Bonchev–Trinajstić information content (AvgIpc) is 2.54. The third kappa shape index (κ3) is 0.967. The zero-order valence-corrected chi connectivity index (χ0v) is 7.58. The summed E-state index contributed by atoms with van der Waals surface area (Å²) in [6.45, 7) is 1.25. The van der Waals surface area contributed by atoms with E-state index in [2.05, 4.69) is 0 Å². The van der Waals surface area contributed by atoms with Crippen molar-refractivity contribution in [2.45, 2.75) is 31.7 Å². The van der Waals surface area contributed by atoms with E-state index in [1.807, 2.05) is 4.90 Å². The first-order chi connectivity index (χ1) is 6.36. The summed E-state index contributed by atoms with van der Waals surface area (Å²) >= 11 is 0. The molecule has 0 aromatic heterocycles. The fraction of sp³-hybridized carbons (Fsp3) is 0.700. The van der Waals surface area contributed by atoms with E-state index >= 15 is 0 Å². The van der Waals surface area contributed by atoms with Gasteiger partial charge in [-0.25, -0.2) is 0 Å². The minimum absolute atomic E-state index is 0.247.